The number of hydrogen-bond donors (Lipinski definition) is 0. The molecule has 0 aliphatic heterocycles. The summed E-state index contributed by atoms with van der Waals surface area (Å²) >= 11 is 13.8. The molecule has 10 heteroatoms. The summed E-state index contributed by atoms with van der Waals surface area (Å²) in [6, 6.07) is 3.38. The largest absolute Gasteiger partial charge is 0.431 e. The third-order valence-corrected chi connectivity index (χ3v) is 5.20. The second-order valence-electron chi connectivity index (χ2n) is 4.65. The molecule has 0 saturated carbocycles. The number of nitrogens with zero attached hydrogens (tertiary/aromatic N) is 2. The standard InChI is InChI=1S/C13H8Cl2F3IN2O2/c1-20-9(13(16,17)18)4-10(22)21(12(20)23)5-6-2-7(14)3-8(15)11(6)19/h2-4H,5H2,1H3. The molecule has 4 nitrogen and oxygen atoms in total. The maximum atomic E-state index is 12.8. The van der Waals surface area contributed by atoms with Crippen LogP contribution >= 0.6 is 45.8 Å². The van der Waals surface area contributed by atoms with Crippen LogP contribution in [0.2, 0.25) is 10.0 Å². The van der Waals surface area contributed by atoms with Gasteiger partial charge < -0.3 is 0 Å². The molecule has 0 bridgehead atoms. The Morgan fingerprint density at radius 2 is 1.78 bits per heavy atom. The summed E-state index contributed by atoms with van der Waals surface area (Å²) < 4.78 is 40.0. The van der Waals surface area contributed by atoms with Gasteiger partial charge >= 0.3 is 11.9 Å². The molecule has 0 amide bonds. The molecule has 0 unspecified atom stereocenters. The van der Waals surface area contributed by atoms with Crippen molar-refractivity contribution in [1.29, 1.82) is 0 Å². The van der Waals surface area contributed by atoms with Gasteiger partial charge in [0.15, 0.2) is 0 Å². The van der Waals surface area contributed by atoms with Crippen LogP contribution in [-0.4, -0.2) is 9.13 Å². The number of alkyl halides is 3. The van der Waals surface area contributed by atoms with Gasteiger partial charge in [-0.2, -0.15) is 13.2 Å². The Balaban J connectivity index is 2.62. The lowest BCUT2D eigenvalue weighted by Crippen LogP contribution is -2.42. The highest BCUT2D eigenvalue weighted by atomic mass is 127. The Hall–Kier alpha value is -1.000. The van der Waals surface area contributed by atoms with Crippen molar-refractivity contribution in [2.45, 2.75) is 12.7 Å². The van der Waals surface area contributed by atoms with Crippen LogP contribution in [-0.2, 0) is 19.8 Å². The fourth-order valence-electron chi connectivity index (χ4n) is 1.98. The number of benzene rings is 1. The molecule has 1 aromatic carbocycles. The fraction of sp³-hybridized carbons (Fsp3) is 0.231. The van der Waals surface area contributed by atoms with E-state index < -0.39 is 23.1 Å². The van der Waals surface area contributed by atoms with Crippen LogP contribution in [0.4, 0.5) is 13.2 Å². The van der Waals surface area contributed by atoms with Crippen LogP contribution < -0.4 is 11.2 Å². The lowest BCUT2D eigenvalue weighted by molar-refractivity contribution is -0.144. The van der Waals surface area contributed by atoms with Crippen LogP contribution in [0.1, 0.15) is 11.3 Å². The minimum absolute atomic E-state index is 0.234. The van der Waals surface area contributed by atoms with E-state index in [2.05, 4.69) is 0 Å². The normalized spacial score (nSPS) is 11.8. The summed E-state index contributed by atoms with van der Waals surface area (Å²) in [4.78, 5) is 24.0. The van der Waals surface area contributed by atoms with Gasteiger partial charge in [-0.1, -0.05) is 23.2 Å². The van der Waals surface area contributed by atoms with Crippen molar-refractivity contribution in [2.75, 3.05) is 0 Å². The zero-order chi connectivity index (χ0) is 17.5. The number of halogens is 6. The Labute approximate surface area is 151 Å². The minimum Gasteiger partial charge on any atom is -0.292 e. The maximum Gasteiger partial charge on any atom is 0.431 e. The van der Waals surface area contributed by atoms with E-state index in [4.69, 9.17) is 23.2 Å². The monoisotopic (exact) mass is 478 g/mol. The molecule has 0 fully saturated rings. The number of rotatable bonds is 2. The Morgan fingerprint density at radius 3 is 2.35 bits per heavy atom. The predicted molar refractivity (Wildman–Crippen MR) is 89.2 cm³/mol. The van der Waals surface area contributed by atoms with E-state index in [1.807, 2.05) is 22.6 Å². The quantitative estimate of drug-likeness (QED) is 0.489. The van der Waals surface area contributed by atoms with E-state index in [0.29, 0.717) is 34.4 Å². The van der Waals surface area contributed by atoms with Crippen molar-refractivity contribution in [1.82, 2.24) is 9.13 Å². The van der Waals surface area contributed by atoms with Crippen LogP contribution in [0.5, 0.6) is 0 Å². The molecule has 0 radical (unpaired) electrons. The van der Waals surface area contributed by atoms with Crippen molar-refractivity contribution < 1.29 is 13.2 Å². The van der Waals surface area contributed by atoms with Crippen molar-refractivity contribution in [3.63, 3.8) is 0 Å². The topological polar surface area (TPSA) is 44.0 Å². The molecule has 2 rings (SSSR count). The van der Waals surface area contributed by atoms with E-state index in [0.717, 1.165) is 7.05 Å². The molecule has 0 N–H and O–H groups in total. The molecule has 124 valence electrons. The van der Waals surface area contributed by atoms with Crippen molar-refractivity contribution in [2.24, 2.45) is 7.05 Å². The zero-order valence-corrected chi connectivity index (χ0v) is 15.1. The first-order valence-electron chi connectivity index (χ1n) is 6.04. The molecule has 0 aliphatic carbocycles. The summed E-state index contributed by atoms with van der Waals surface area (Å²) in [5.74, 6) is 0. The minimum atomic E-state index is -4.79. The van der Waals surface area contributed by atoms with Gasteiger partial charge in [0.2, 0.25) is 0 Å². The van der Waals surface area contributed by atoms with E-state index in [1.54, 1.807) is 0 Å². The molecule has 0 saturated heterocycles. The van der Waals surface area contributed by atoms with Gasteiger partial charge in [-0.05, 0) is 40.3 Å². The SMILES string of the molecule is Cn1c(C(F)(F)F)cc(=O)n(Cc2cc(Cl)cc(Cl)c2I)c1=O. The fourth-order valence-corrected chi connectivity index (χ4v) is 3.00. The third-order valence-electron chi connectivity index (χ3n) is 3.09. The van der Waals surface area contributed by atoms with Crippen molar-refractivity contribution in [3.05, 3.63) is 63.9 Å². The van der Waals surface area contributed by atoms with Crippen LogP contribution in [0.25, 0.3) is 0 Å². The van der Waals surface area contributed by atoms with Crippen LogP contribution in [0, 0.1) is 3.57 Å². The Morgan fingerprint density at radius 1 is 1.17 bits per heavy atom. The number of hydrogen-bond acceptors (Lipinski definition) is 2. The van der Waals surface area contributed by atoms with E-state index in [-0.39, 0.29) is 6.54 Å². The maximum absolute atomic E-state index is 12.8. The van der Waals surface area contributed by atoms with Crippen molar-refractivity contribution >= 4 is 45.8 Å². The Bertz CT molecular complexity index is 890. The summed E-state index contributed by atoms with van der Waals surface area (Å²) in [7, 11) is 0.955. The molecular weight excluding hydrogens is 471 g/mol. The van der Waals surface area contributed by atoms with E-state index in [9.17, 15) is 22.8 Å². The summed E-state index contributed by atoms with van der Waals surface area (Å²) in [5.41, 5.74) is -2.96. The second kappa shape index (κ2) is 6.48. The third kappa shape index (κ3) is 3.74. The van der Waals surface area contributed by atoms with Gasteiger partial charge in [-0.15, -0.1) is 0 Å². The van der Waals surface area contributed by atoms with Gasteiger partial charge in [-0.25, -0.2) is 4.79 Å². The molecule has 1 heterocycles. The van der Waals surface area contributed by atoms with Gasteiger partial charge in [-0.3, -0.25) is 13.9 Å². The summed E-state index contributed by atoms with van der Waals surface area (Å²) in [6.45, 7) is -0.234. The molecule has 0 atom stereocenters. The predicted octanol–water partition coefficient (Wildman–Crippen LogP) is 3.53. The molecule has 2 aromatic rings. The first kappa shape index (κ1) is 18.3. The highest BCUT2D eigenvalue weighted by molar-refractivity contribution is 14.1. The number of aromatic nitrogens is 2. The molecule has 0 aliphatic rings. The van der Waals surface area contributed by atoms with Crippen molar-refractivity contribution in [3.8, 4) is 0 Å². The first-order chi connectivity index (χ1) is 10.5. The highest BCUT2D eigenvalue weighted by Crippen LogP contribution is 2.28. The van der Waals surface area contributed by atoms with E-state index in [1.165, 1.54) is 12.1 Å². The van der Waals surface area contributed by atoms with Gasteiger partial charge in [0.1, 0.15) is 5.69 Å². The lowest BCUT2D eigenvalue weighted by Gasteiger charge is -2.14. The second-order valence-corrected chi connectivity index (χ2v) is 6.58. The average Bonchev–Trinajstić information content (AvgIpc) is 2.42. The summed E-state index contributed by atoms with van der Waals surface area (Å²) in [6.07, 6.45) is -4.79. The molecule has 23 heavy (non-hydrogen) atoms. The first-order valence-corrected chi connectivity index (χ1v) is 7.87. The zero-order valence-electron chi connectivity index (χ0n) is 11.4. The summed E-state index contributed by atoms with van der Waals surface area (Å²) in [5, 5.41) is 0.618. The van der Waals surface area contributed by atoms with Gasteiger partial charge in [0, 0.05) is 21.7 Å². The smallest absolute Gasteiger partial charge is 0.292 e. The lowest BCUT2D eigenvalue weighted by atomic mass is 10.2. The van der Waals surface area contributed by atoms with Crippen LogP contribution in [0.15, 0.2) is 27.8 Å². The molecular formula is C13H8Cl2F3IN2O2. The van der Waals surface area contributed by atoms with Gasteiger partial charge in [0.25, 0.3) is 5.56 Å². The van der Waals surface area contributed by atoms with Crippen LogP contribution in [0.3, 0.4) is 0 Å². The Kier molecular flexibility index (Phi) is 5.17. The average molecular weight is 479 g/mol. The molecule has 1 aromatic heterocycles. The molecule has 0 spiro atoms. The van der Waals surface area contributed by atoms with Gasteiger partial charge in [0.05, 0.1) is 11.6 Å². The van der Waals surface area contributed by atoms with E-state index >= 15 is 0 Å². The highest BCUT2D eigenvalue weighted by Gasteiger charge is 2.34.